The average molecular weight is 441 g/mol. The molecule has 8 heteroatoms. The molecule has 3 rings (SSSR count). The third-order valence-corrected chi connectivity index (χ3v) is 5.57. The largest absolute Gasteiger partial charge is 0.478 e. The number of aryl methyl sites for hydroxylation is 2. The molecular weight excluding hydrogens is 416 g/mol. The molecule has 7 nitrogen and oxygen atoms in total. The van der Waals surface area contributed by atoms with Crippen LogP contribution in [0.2, 0.25) is 5.02 Å². The van der Waals surface area contributed by atoms with Crippen LogP contribution in [-0.4, -0.2) is 40.4 Å². The highest BCUT2D eigenvalue weighted by Crippen LogP contribution is 2.25. The van der Waals surface area contributed by atoms with Crippen LogP contribution in [-0.2, 0) is 13.5 Å². The SMILES string of the molecule is Cc1nn(C)c(C)c1CCN(C)c1ccc(NC(=O)c2cccc(Cl)c2)cc1C(=O)O. The summed E-state index contributed by atoms with van der Waals surface area (Å²) in [7, 11) is 3.77. The first-order valence-corrected chi connectivity index (χ1v) is 10.2. The van der Waals surface area contributed by atoms with Gasteiger partial charge in [0, 0.05) is 42.6 Å². The van der Waals surface area contributed by atoms with Gasteiger partial charge in [0.2, 0.25) is 0 Å². The van der Waals surface area contributed by atoms with E-state index in [0.29, 0.717) is 28.5 Å². The Kier molecular flexibility index (Phi) is 6.65. The predicted octanol–water partition coefficient (Wildman–Crippen LogP) is 4.32. The van der Waals surface area contributed by atoms with Gasteiger partial charge in [0.05, 0.1) is 16.9 Å². The maximum absolute atomic E-state index is 12.5. The number of anilines is 2. The van der Waals surface area contributed by atoms with Gasteiger partial charge in [-0.25, -0.2) is 4.79 Å². The Balaban J connectivity index is 1.78. The first-order chi connectivity index (χ1) is 14.7. The molecule has 0 aliphatic rings. The first-order valence-electron chi connectivity index (χ1n) is 9.82. The molecule has 0 saturated carbocycles. The summed E-state index contributed by atoms with van der Waals surface area (Å²) in [5.41, 5.74) is 4.73. The van der Waals surface area contributed by atoms with Gasteiger partial charge in [-0.05, 0) is 62.2 Å². The summed E-state index contributed by atoms with van der Waals surface area (Å²) in [6.07, 6.45) is 0.744. The Labute approximate surface area is 186 Å². The number of benzene rings is 2. The van der Waals surface area contributed by atoms with Crippen molar-refractivity contribution in [3.8, 4) is 0 Å². The van der Waals surface area contributed by atoms with Gasteiger partial charge in [-0.3, -0.25) is 9.48 Å². The standard InChI is InChI=1S/C23H25ClN4O3/c1-14-19(15(2)28(4)26-14)10-11-27(3)21-9-8-18(13-20(21)23(30)31)25-22(29)16-6-5-7-17(24)12-16/h5-9,12-13H,10-11H2,1-4H3,(H,25,29)(H,30,31). The van der Waals surface area contributed by atoms with E-state index in [-0.39, 0.29) is 11.5 Å². The fourth-order valence-corrected chi connectivity index (χ4v) is 3.72. The molecule has 3 aromatic rings. The lowest BCUT2D eigenvalue weighted by Crippen LogP contribution is -2.23. The number of aromatic nitrogens is 2. The van der Waals surface area contributed by atoms with Crippen LogP contribution in [0.4, 0.5) is 11.4 Å². The molecule has 0 spiro atoms. The molecule has 0 atom stereocenters. The molecule has 0 unspecified atom stereocenters. The Bertz CT molecular complexity index is 1140. The minimum atomic E-state index is -1.06. The van der Waals surface area contributed by atoms with Gasteiger partial charge >= 0.3 is 5.97 Å². The number of nitrogens with zero attached hydrogens (tertiary/aromatic N) is 3. The summed E-state index contributed by atoms with van der Waals surface area (Å²) in [6.45, 7) is 4.62. The third-order valence-electron chi connectivity index (χ3n) is 5.34. The molecule has 2 aromatic carbocycles. The minimum Gasteiger partial charge on any atom is -0.478 e. The van der Waals surface area contributed by atoms with Gasteiger partial charge in [0.25, 0.3) is 5.91 Å². The van der Waals surface area contributed by atoms with Crippen LogP contribution in [0.3, 0.4) is 0 Å². The van der Waals surface area contributed by atoms with Crippen molar-refractivity contribution in [1.82, 2.24) is 9.78 Å². The summed E-state index contributed by atoms with van der Waals surface area (Å²) >= 11 is 5.94. The van der Waals surface area contributed by atoms with Crippen LogP contribution < -0.4 is 10.2 Å². The Morgan fingerprint density at radius 1 is 1.19 bits per heavy atom. The van der Waals surface area contributed by atoms with E-state index >= 15 is 0 Å². The molecule has 162 valence electrons. The molecule has 0 bridgehead atoms. The van der Waals surface area contributed by atoms with Gasteiger partial charge in [-0.15, -0.1) is 0 Å². The average Bonchev–Trinajstić information content (AvgIpc) is 2.97. The van der Waals surface area contributed by atoms with Crippen LogP contribution >= 0.6 is 11.6 Å². The molecule has 1 heterocycles. The topological polar surface area (TPSA) is 87.5 Å². The highest BCUT2D eigenvalue weighted by Gasteiger charge is 2.17. The smallest absolute Gasteiger partial charge is 0.337 e. The minimum absolute atomic E-state index is 0.117. The summed E-state index contributed by atoms with van der Waals surface area (Å²) in [4.78, 5) is 26.3. The molecular formula is C23H25ClN4O3. The molecule has 0 aliphatic carbocycles. The van der Waals surface area contributed by atoms with Crippen LogP contribution in [0.15, 0.2) is 42.5 Å². The highest BCUT2D eigenvalue weighted by molar-refractivity contribution is 6.31. The number of nitrogens with one attached hydrogen (secondary N) is 1. The third kappa shape index (κ3) is 5.06. The normalized spacial score (nSPS) is 10.7. The number of rotatable bonds is 7. The Morgan fingerprint density at radius 3 is 2.55 bits per heavy atom. The monoisotopic (exact) mass is 440 g/mol. The molecule has 31 heavy (non-hydrogen) atoms. The van der Waals surface area contributed by atoms with Crippen molar-refractivity contribution in [1.29, 1.82) is 0 Å². The van der Waals surface area contributed by atoms with E-state index in [2.05, 4.69) is 10.4 Å². The molecule has 1 amide bonds. The zero-order valence-corrected chi connectivity index (χ0v) is 18.7. The fraction of sp³-hybridized carbons (Fsp3) is 0.261. The van der Waals surface area contributed by atoms with Crippen LogP contribution in [0.25, 0.3) is 0 Å². The molecule has 0 radical (unpaired) electrons. The number of hydrogen-bond acceptors (Lipinski definition) is 4. The zero-order chi connectivity index (χ0) is 22.7. The van der Waals surface area contributed by atoms with Crippen LogP contribution in [0.1, 0.15) is 37.7 Å². The second kappa shape index (κ2) is 9.22. The number of likely N-dealkylation sites (N-methyl/N-ethyl adjacent to an activating group) is 1. The number of carbonyl (C=O) groups is 2. The van der Waals surface area contributed by atoms with Crippen LogP contribution in [0.5, 0.6) is 0 Å². The van der Waals surface area contributed by atoms with E-state index in [0.717, 1.165) is 23.4 Å². The fourth-order valence-electron chi connectivity index (χ4n) is 3.53. The maximum Gasteiger partial charge on any atom is 0.337 e. The highest BCUT2D eigenvalue weighted by atomic mass is 35.5. The molecule has 2 N–H and O–H groups in total. The quantitative estimate of drug-likeness (QED) is 0.571. The number of carbonyl (C=O) groups excluding carboxylic acids is 1. The van der Waals surface area contributed by atoms with Gasteiger partial charge < -0.3 is 15.3 Å². The number of hydrogen-bond donors (Lipinski definition) is 2. The molecule has 0 aliphatic heterocycles. The van der Waals surface area contributed by atoms with Crippen molar-refractivity contribution in [2.45, 2.75) is 20.3 Å². The second-order valence-electron chi connectivity index (χ2n) is 7.45. The van der Waals surface area contributed by atoms with Crippen molar-refractivity contribution in [2.24, 2.45) is 7.05 Å². The number of carboxylic acids is 1. The number of halogens is 1. The van der Waals surface area contributed by atoms with E-state index < -0.39 is 5.97 Å². The molecule has 0 fully saturated rings. The zero-order valence-electron chi connectivity index (χ0n) is 17.9. The lowest BCUT2D eigenvalue weighted by Gasteiger charge is -2.22. The van der Waals surface area contributed by atoms with E-state index in [1.807, 2.05) is 37.5 Å². The summed E-state index contributed by atoms with van der Waals surface area (Å²) in [5, 5.41) is 17.4. The number of aromatic carboxylic acids is 1. The summed E-state index contributed by atoms with van der Waals surface area (Å²) in [5.74, 6) is -1.42. The Morgan fingerprint density at radius 2 is 1.94 bits per heavy atom. The predicted molar refractivity (Wildman–Crippen MR) is 122 cm³/mol. The molecule has 1 aromatic heterocycles. The van der Waals surface area contributed by atoms with Gasteiger partial charge in [0.1, 0.15) is 0 Å². The number of carboxylic acid groups (broad SMARTS) is 1. The van der Waals surface area contributed by atoms with E-state index in [4.69, 9.17) is 11.6 Å². The van der Waals surface area contributed by atoms with Crippen molar-refractivity contribution in [3.63, 3.8) is 0 Å². The van der Waals surface area contributed by atoms with Gasteiger partial charge in [-0.2, -0.15) is 5.10 Å². The summed E-state index contributed by atoms with van der Waals surface area (Å²) < 4.78 is 1.85. The second-order valence-corrected chi connectivity index (χ2v) is 7.88. The van der Waals surface area contributed by atoms with Crippen LogP contribution in [0, 0.1) is 13.8 Å². The van der Waals surface area contributed by atoms with Crippen molar-refractivity contribution >= 4 is 34.9 Å². The summed E-state index contributed by atoms with van der Waals surface area (Å²) in [6, 6.07) is 11.4. The van der Waals surface area contributed by atoms with E-state index in [1.54, 1.807) is 36.4 Å². The lowest BCUT2D eigenvalue weighted by molar-refractivity contribution is 0.0697. The first kappa shape index (κ1) is 22.4. The lowest BCUT2D eigenvalue weighted by atomic mass is 10.1. The van der Waals surface area contributed by atoms with Crippen molar-refractivity contribution in [3.05, 3.63) is 75.6 Å². The number of amides is 1. The van der Waals surface area contributed by atoms with E-state index in [1.165, 1.54) is 6.07 Å². The van der Waals surface area contributed by atoms with Crippen molar-refractivity contribution in [2.75, 3.05) is 23.8 Å². The van der Waals surface area contributed by atoms with E-state index in [9.17, 15) is 14.7 Å². The van der Waals surface area contributed by atoms with Crippen molar-refractivity contribution < 1.29 is 14.7 Å². The Hall–Kier alpha value is -3.32. The van der Waals surface area contributed by atoms with Gasteiger partial charge in [-0.1, -0.05) is 17.7 Å². The molecule has 0 saturated heterocycles. The maximum atomic E-state index is 12.5. The van der Waals surface area contributed by atoms with Gasteiger partial charge in [0.15, 0.2) is 0 Å².